The van der Waals surface area contributed by atoms with E-state index in [-0.39, 0.29) is 23.4 Å². The summed E-state index contributed by atoms with van der Waals surface area (Å²) in [6.07, 6.45) is 4.45. The van der Waals surface area contributed by atoms with Gasteiger partial charge in [0.15, 0.2) is 0 Å². The van der Waals surface area contributed by atoms with Crippen molar-refractivity contribution in [1.29, 1.82) is 0 Å². The zero-order valence-corrected chi connectivity index (χ0v) is 25.3. The maximum absolute atomic E-state index is 12.1. The average Bonchev–Trinajstić information content (AvgIpc) is 3.33. The molecule has 1 aromatic rings. The highest BCUT2D eigenvalue weighted by molar-refractivity contribution is 9.12. The van der Waals surface area contributed by atoms with E-state index in [1.165, 1.54) is 17.1 Å². The van der Waals surface area contributed by atoms with Crippen LogP contribution in [0.1, 0.15) is 70.4 Å². The molecule has 1 aromatic heterocycles. The van der Waals surface area contributed by atoms with Crippen molar-refractivity contribution in [3.8, 4) is 0 Å². The minimum Gasteiger partial charge on any atom is -0.511 e. The standard InChI is InChI=1S/C13H13Br2N3O3.C9H13F3.C2H6.C2H4/c1-3-18(2)13(20)12-16-11(17-21-12)7-4-8(14)6-10(19)9(15)5-7;1-3-5-7-8(6-4-2)9(10,11)12;2*1-2/h4-5,19H,3,6H2,1-2H3;5-7H,3-4H2,1-2H3;1-2H3;1-2H2/b;7-5+,8-6+;;. The second kappa shape index (κ2) is 19.7. The van der Waals surface area contributed by atoms with Gasteiger partial charge in [0.05, 0.1) is 10.1 Å². The van der Waals surface area contributed by atoms with Crippen LogP contribution in [0.4, 0.5) is 13.2 Å². The smallest absolute Gasteiger partial charge is 0.416 e. The monoisotopic (exact) mass is 653 g/mol. The number of aliphatic hydroxyl groups excluding tert-OH is 1. The van der Waals surface area contributed by atoms with E-state index in [9.17, 15) is 23.1 Å². The molecule has 0 aliphatic heterocycles. The summed E-state index contributed by atoms with van der Waals surface area (Å²) >= 11 is 6.63. The maximum Gasteiger partial charge on any atom is 0.416 e. The zero-order valence-electron chi connectivity index (χ0n) is 22.1. The fourth-order valence-electron chi connectivity index (χ4n) is 2.33. The second-order valence-corrected chi connectivity index (χ2v) is 8.65. The summed E-state index contributed by atoms with van der Waals surface area (Å²) in [5.41, 5.74) is 0.0756. The van der Waals surface area contributed by atoms with Crippen LogP contribution < -0.4 is 0 Å². The van der Waals surface area contributed by atoms with Gasteiger partial charge in [0.25, 0.3) is 0 Å². The maximum atomic E-state index is 12.1. The Morgan fingerprint density at radius 1 is 1.19 bits per heavy atom. The Morgan fingerprint density at radius 2 is 1.78 bits per heavy atom. The number of rotatable bonds is 6. The first-order chi connectivity index (χ1) is 17.4. The van der Waals surface area contributed by atoms with Crippen LogP contribution in [-0.4, -0.2) is 45.8 Å². The number of halogens is 5. The summed E-state index contributed by atoms with van der Waals surface area (Å²) in [5, 5.41) is 13.6. The molecular weight excluding hydrogens is 619 g/mol. The van der Waals surface area contributed by atoms with E-state index in [4.69, 9.17) is 4.52 Å². The lowest BCUT2D eigenvalue weighted by Crippen LogP contribution is -2.26. The van der Waals surface area contributed by atoms with Crippen LogP contribution >= 0.6 is 31.9 Å². The molecular formula is C26H36Br2F3N3O3. The van der Waals surface area contributed by atoms with Gasteiger partial charge >= 0.3 is 18.0 Å². The van der Waals surface area contributed by atoms with Gasteiger partial charge in [-0.25, -0.2) is 0 Å². The van der Waals surface area contributed by atoms with Crippen molar-refractivity contribution in [3.05, 3.63) is 75.6 Å². The highest BCUT2D eigenvalue weighted by Crippen LogP contribution is 2.31. The van der Waals surface area contributed by atoms with Gasteiger partial charge in [0.1, 0.15) is 5.76 Å². The van der Waals surface area contributed by atoms with Crippen LogP contribution in [0.3, 0.4) is 0 Å². The molecule has 0 saturated heterocycles. The van der Waals surface area contributed by atoms with Gasteiger partial charge in [0.2, 0.25) is 5.82 Å². The minimum absolute atomic E-state index is 0.0617. The third kappa shape index (κ3) is 13.6. The molecule has 1 N–H and O–H groups in total. The molecule has 2 rings (SSSR count). The van der Waals surface area contributed by atoms with Crippen molar-refractivity contribution in [2.24, 2.45) is 0 Å². The lowest BCUT2D eigenvalue weighted by molar-refractivity contribution is -0.0884. The molecule has 0 unspecified atom stereocenters. The van der Waals surface area contributed by atoms with Crippen molar-refractivity contribution in [2.75, 3.05) is 13.6 Å². The van der Waals surface area contributed by atoms with Gasteiger partial charge in [-0.2, -0.15) is 18.2 Å². The Morgan fingerprint density at radius 3 is 2.27 bits per heavy atom. The topological polar surface area (TPSA) is 79.5 Å². The quantitative estimate of drug-likeness (QED) is 0.244. The molecule has 1 amide bonds. The van der Waals surface area contributed by atoms with Gasteiger partial charge in [0, 0.05) is 30.1 Å². The molecule has 0 atom stereocenters. The van der Waals surface area contributed by atoms with Gasteiger partial charge < -0.3 is 14.5 Å². The summed E-state index contributed by atoms with van der Waals surface area (Å²) < 4.78 is 42.6. The fraction of sp³-hybridized carbons (Fsp3) is 0.423. The lowest BCUT2D eigenvalue weighted by Gasteiger charge is -2.10. The number of aromatic nitrogens is 2. The Kier molecular flexibility index (Phi) is 19.5. The number of allylic oxidation sites excluding steroid dienone is 9. The predicted molar refractivity (Wildman–Crippen MR) is 152 cm³/mol. The summed E-state index contributed by atoms with van der Waals surface area (Å²) in [6.45, 7) is 15.9. The molecule has 208 valence electrons. The number of amides is 1. The van der Waals surface area contributed by atoms with Crippen molar-refractivity contribution in [1.82, 2.24) is 15.0 Å². The number of nitrogens with zero attached hydrogens (tertiary/aromatic N) is 3. The third-order valence-electron chi connectivity index (χ3n) is 4.18. The van der Waals surface area contributed by atoms with Crippen LogP contribution in [0.2, 0.25) is 0 Å². The van der Waals surface area contributed by atoms with Crippen molar-refractivity contribution >= 4 is 43.3 Å². The minimum atomic E-state index is -4.21. The van der Waals surface area contributed by atoms with Gasteiger partial charge in [-0.05, 0) is 47.8 Å². The Hall–Kier alpha value is -2.40. The van der Waals surface area contributed by atoms with E-state index in [1.54, 1.807) is 33.0 Å². The number of carbonyl (C=O) groups excluding carboxylic acids is 1. The van der Waals surface area contributed by atoms with Crippen LogP contribution in [0, 0.1) is 0 Å². The van der Waals surface area contributed by atoms with E-state index < -0.39 is 11.7 Å². The molecule has 11 heteroatoms. The zero-order chi connectivity index (χ0) is 29.2. The molecule has 6 nitrogen and oxygen atoms in total. The van der Waals surface area contributed by atoms with Crippen LogP contribution in [0.25, 0.3) is 5.57 Å². The number of aliphatic hydroxyl groups is 1. The largest absolute Gasteiger partial charge is 0.511 e. The van der Waals surface area contributed by atoms with Crippen LogP contribution in [-0.2, 0) is 0 Å². The number of carbonyl (C=O) groups is 1. The Balaban J connectivity index is 0. The van der Waals surface area contributed by atoms with E-state index in [1.807, 2.05) is 20.8 Å². The van der Waals surface area contributed by atoms with Gasteiger partial charge in [-0.1, -0.05) is 67.0 Å². The SMILES string of the molecule is C=C.CC.CC/C=C/C(=C\CC)C(F)(F)F.CCN(C)C(=O)c1nc(C2=CC(Br)=C(O)CC(Br)=C2)no1. The molecule has 37 heavy (non-hydrogen) atoms. The summed E-state index contributed by atoms with van der Waals surface area (Å²) in [6, 6.07) is 0. The molecule has 0 aromatic carbocycles. The number of hydrogen-bond acceptors (Lipinski definition) is 5. The van der Waals surface area contributed by atoms with Crippen molar-refractivity contribution in [3.63, 3.8) is 0 Å². The number of hydrogen-bond donors (Lipinski definition) is 1. The molecule has 0 bridgehead atoms. The molecule has 1 aliphatic rings. The fourth-order valence-corrected chi connectivity index (χ4v) is 3.23. The number of alkyl halides is 3. The first kappa shape index (κ1) is 36.8. The highest BCUT2D eigenvalue weighted by Gasteiger charge is 2.30. The lowest BCUT2D eigenvalue weighted by atomic mass is 10.2. The van der Waals surface area contributed by atoms with Crippen molar-refractivity contribution < 1.29 is 27.6 Å². The van der Waals surface area contributed by atoms with Gasteiger partial charge in [-0.15, -0.1) is 13.2 Å². The normalized spacial score (nSPS) is 13.6. The van der Waals surface area contributed by atoms with Crippen molar-refractivity contribution in [2.45, 2.75) is 60.1 Å². The average molecular weight is 655 g/mol. The molecule has 1 aliphatic carbocycles. The summed E-state index contributed by atoms with van der Waals surface area (Å²) in [4.78, 5) is 17.5. The summed E-state index contributed by atoms with van der Waals surface area (Å²) in [5.74, 6) is 0.0874. The molecule has 0 fully saturated rings. The molecule has 1 heterocycles. The highest BCUT2D eigenvalue weighted by atomic mass is 79.9. The first-order valence-corrected chi connectivity index (χ1v) is 13.2. The van der Waals surface area contributed by atoms with Crippen LogP contribution in [0.15, 0.2) is 68.4 Å². The summed E-state index contributed by atoms with van der Waals surface area (Å²) in [7, 11) is 1.66. The van der Waals surface area contributed by atoms with E-state index in [0.29, 0.717) is 35.9 Å². The first-order valence-electron chi connectivity index (χ1n) is 11.6. The second-order valence-electron chi connectivity index (χ2n) is 6.78. The van der Waals surface area contributed by atoms with Crippen LogP contribution in [0.5, 0.6) is 0 Å². The Labute approximate surface area is 234 Å². The van der Waals surface area contributed by atoms with E-state index >= 15 is 0 Å². The molecule has 0 spiro atoms. The van der Waals surface area contributed by atoms with E-state index in [2.05, 4.69) is 55.2 Å². The predicted octanol–water partition coefficient (Wildman–Crippen LogP) is 9.07. The molecule has 0 radical (unpaired) electrons. The Bertz CT molecular complexity index is 995. The van der Waals surface area contributed by atoms with Gasteiger partial charge in [-0.3, -0.25) is 4.79 Å². The van der Waals surface area contributed by atoms with E-state index in [0.717, 1.165) is 10.6 Å². The third-order valence-corrected chi connectivity index (χ3v) is 5.37. The molecule has 0 saturated carbocycles.